The number of benzene rings is 1. The van der Waals surface area contributed by atoms with E-state index in [4.69, 9.17) is 0 Å². The molecule has 0 unspecified atom stereocenters. The quantitative estimate of drug-likeness (QED) is 0.841. The zero-order valence-electron chi connectivity index (χ0n) is 11.5. The van der Waals surface area contributed by atoms with Gasteiger partial charge in [0.15, 0.2) is 0 Å². The van der Waals surface area contributed by atoms with E-state index >= 15 is 0 Å². The van der Waals surface area contributed by atoms with Crippen LogP contribution in [0.3, 0.4) is 0 Å². The van der Waals surface area contributed by atoms with E-state index in [0.717, 1.165) is 34.5 Å². The van der Waals surface area contributed by atoms with Crippen LogP contribution in [-0.2, 0) is 6.42 Å². The van der Waals surface area contributed by atoms with Crippen LogP contribution in [0.5, 0.6) is 0 Å². The van der Waals surface area contributed by atoms with Crippen molar-refractivity contribution in [3.63, 3.8) is 0 Å². The molecule has 1 heterocycles. The fourth-order valence-corrected chi connectivity index (χ4v) is 2.34. The van der Waals surface area contributed by atoms with E-state index in [1.807, 2.05) is 37.3 Å². The summed E-state index contributed by atoms with van der Waals surface area (Å²) in [4.78, 5) is 18.9. The molecule has 0 spiro atoms. The molecule has 0 amide bonds. The second-order valence-corrected chi connectivity index (χ2v) is 4.45. The Kier molecular flexibility index (Phi) is 3.95. The molecule has 2 aromatic rings. The van der Waals surface area contributed by atoms with Crippen molar-refractivity contribution < 1.29 is 0 Å². The maximum atomic E-state index is 11.6. The molecule has 1 N–H and O–H groups in total. The summed E-state index contributed by atoms with van der Waals surface area (Å²) < 4.78 is 0. The monoisotopic (exact) mass is 254 g/mol. The van der Waals surface area contributed by atoms with Crippen molar-refractivity contribution in [1.82, 2.24) is 4.98 Å². The third-order valence-corrected chi connectivity index (χ3v) is 3.20. The minimum absolute atomic E-state index is 0.0541. The van der Waals surface area contributed by atoms with Gasteiger partial charge >= 0.3 is 0 Å². The fraction of sp³-hybridized carbons (Fsp3) is 0.250. The van der Waals surface area contributed by atoms with Crippen molar-refractivity contribution in [2.24, 2.45) is 4.99 Å². The molecule has 0 aliphatic heterocycles. The molecule has 19 heavy (non-hydrogen) atoms. The maximum absolute atomic E-state index is 11.6. The summed E-state index contributed by atoms with van der Waals surface area (Å²) in [5, 5.41) is 0. The Morgan fingerprint density at radius 3 is 2.53 bits per heavy atom. The lowest BCUT2D eigenvalue weighted by molar-refractivity contribution is 1.05. The smallest absolute Gasteiger partial charge is 0.248 e. The van der Waals surface area contributed by atoms with Gasteiger partial charge < -0.3 is 4.98 Å². The molecule has 0 aliphatic carbocycles. The normalized spacial score (nSPS) is 11.6. The molecule has 3 nitrogen and oxygen atoms in total. The van der Waals surface area contributed by atoms with E-state index in [-0.39, 0.29) is 5.56 Å². The van der Waals surface area contributed by atoms with Crippen LogP contribution in [0.2, 0.25) is 0 Å². The van der Waals surface area contributed by atoms with Crippen LogP contribution >= 0.6 is 0 Å². The molecule has 2 rings (SSSR count). The number of aliphatic imine (C=N–C) groups is 1. The number of aromatic amines is 1. The molecule has 0 atom stereocenters. The Labute approximate surface area is 113 Å². The Balaban J connectivity index is 2.67. The van der Waals surface area contributed by atoms with Gasteiger partial charge in [0.2, 0.25) is 5.56 Å². The van der Waals surface area contributed by atoms with E-state index in [1.165, 1.54) is 0 Å². The zero-order chi connectivity index (χ0) is 13.8. The highest BCUT2D eigenvalue weighted by molar-refractivity contribution is 6.14. The van der Waals surface area contributed by atoms with E-state index in [9.17, 15) is 4.79 Å². The minimum atomic E-state index is -0.0541. The second-order valence-electron chi connectivity index (χ2n) is 4.45. The van der Waals surface area contributed by atoms with Crippen LogP contribution in [-0.4, -0.2) is 17.7 Å². The van der Waals surface area contributed by atoms with Crippen molar-refractivity contribution in [3.8, 4) is 0 Å². The highest BCUT2D eigenvalue weighted by Gasteiger charge is 2.14. The second kappa shape index (κ2) is 5.65. The van der Waals surface area contributed by atoms with Gasteiger partial charge in [0.1, 0.15) is 0 Å². The molecule has 0 bridgehead atoms. The van der Waals surface area contributed by atoms with Gasteiger partial charge in [-0.1, -0.05) is 37.3 Å². The molecule has 1 aromatic carbocycles. The molecule has 1 aromatic heterocycles. The number of nitrogens with zero attached hydrogens (tertiary/aromatic N) is 1. The summed E-state index contributed by atoms with van der Waals surface area (Å²) in [5.74, 6) is 0. The standard InChI is InChI=1S/C16H18N2O/c1-4-12-10-14(19)18-11(2)15(12)16(17-3)13-8-6-5-7-9-13/h5-10H,4H2,1-3H3,(H,18,19). The Hall–Kier alpha value is -2.16. The summed E-state index contributed by atoms with van der Waals surface area (Å²) in [7, 11) is 1.78. The average Bonchev–Trinajstić information content (AvgIpc) is 2.42. The van der Waals surface area contributed by atoms with Gasteiger partial charge in [0.25, 0.3) is 0 Å². The molecule has 0 aliphatic rings. The maximum Gasteiger partial charge on any atom is 0.248 e. The molecule has 98 valence electrons. The minimum Gasteiger partial charge on any atom is -0.326 e. The first kappa shape index (κ1) is 13.3. The van der Waals surface area contributed by atoms with Gasteiger partial charge in [-0.05, 0) is 18.9 Å². The first-order valence-electron chi connectivity index (χ1n) is 6.42. The summed E-state index contributed by atoms with van der Waals surface area (Å²) in [6.45, 7) is 3.97. The van der Waals surface area contributed by atoms with Gasteiger partial charge in [0.05, 0.1) is 5.71 Å². The topological polar surface area (TPSA) is 45.2 Å². The molecular weight excluding hydrogens is 236 g/mol. The van der Waals surface area contributed by atoms with Crippen LogP contribution in [0.15, 0.2) is 46.2 Å². The Morgan fingerprint density at radius 2 is 1.95 bits per heavy atom. The van der Waals surface area contributed by atoms with E-state index < -0.39 is 0 Å². The number of aryl methyl sites for hydroxylation is 2. The predicted octanol–water partition coefficient (Wildman–Crippen LogP) is 2.71. The van der Waals surface area contributed by atoms with Crippen LogP contribution in [0.1, 0.15) is 29.3 Å². The Bertz CT molecular complexity index is 654. The number of hydrogen-bond donors (Lipinski definition) is 1. The first-order chi connectivity index (χ1) is 9.17. The fourth-order valence-electron chi connectivity index (χ4n) is 2.34. The highest BCUT2D eigenvalue weighted by Crippen LogP contribution is 2.17. The molecule has 0 fully saturated rings. The molecule has 0 saturated carbocycles. The molecule has 0 radical (unpaired) electrons. The lowest BCUT2D eigenvalue weighted by Gasteiger charge is -2.13. The molecule has 3 heteroatoms. The number of nitrogens with one attached hydrogen (secondary N) is 1. The number of H-pyrrole nitrogens is 1. The van der Waals surface area contributed by atoms with Crippen LogP contribution in [0, 0.1) is 6.92 Å². The average molecular weight is 254 g/mol. The summed E-state index contributed by atoms with van der Waals surface area (Å²) in [5.41, 5.74) is 4.87. The number of hydrogen-bond acceptors (Lipinski definition) is 2. The van der Waals surface area contributed by atoms with Crippen molar-refractivity contribution >= 4 is 5.71 Å². The SMILES string of the molecule is CCc1cc(=O)[nH]c(C)c1C(=NC)c1ccccc1. The largest absolute Gasteiger partial charge is 0.326 e. The van der Waals surface area contributed by atoms with Gasteiger partial charge in [-0.15, -0.1) is 0 Å². The molecular formula is C16H18N2O. The van der Waals surface area contributed by atoms with Gasteiger partial charge in [-0.3, -0.25) is 9.79 Å². The van der Waals surface area contributed by atoms with Crippen LogP contribution in [0.4, 0.5) is 0 Å². The van der Waals surface area contributed by atoms with Gasteiger partial charge in [-0.2, -0.15) is 0 Å². The van der Waals surface area contributed by atoms with Crippen molar-refractivity contribution in [2.45, 2.75) is 20.3 Å². The lowest BCUT2D eigenvalue weighted by Crippen LogP contribution is -2.17. The lowest BCUT2D eigenvalue weighted by atomic mass is 9.95. The Morgan fingerprint density at radius 1 is 1.26 bits per heavy atom. The van der Waals surface area contributed by atoms with Crippen LogP contribution < -0.4 is 5.56 Å². The third kappa shape index (κ3) is 2.65. The van der Waals surface area contributed by atoms with Gasteiger partial charge in [0, 0.05) is 29.9 Å². The number of aromatic nitrogens is 1. The van der Waals surface area contributed by atoms with E-state index in [0.29, 0.717) is 0 Å². The summed E-state index contributed by atoms with van der Waals surface area (Å²) in [6, 6.07) is 11.7. The number of rotatable bonds is 3. The summed E-state index contributed by atoms with van der Waals surface area (Å²) in [6.07, 6.45) is 0.811. The summed E-state index contributed by atoms with van der Waals surface area (Å²) >= 11 is 0. The van der Waals surface area contributed by atoms with Crippen molar-refractivity contribution in [3.05, 3.63) is 69.1 Å². The van der Waals surface area contributed by atoms with Gasteiger partial charge in [-0.25, -0.2) is 0 Å². The van der Waals surface area contributed by atoms with E-state index in [1.54, 1.807) is 13.1 Å². The van der Waals surface area contributed by atoms with Crippen molar-refractivity contribution in [2.75, 3.05) is 7.05 Å². The van der Waals surface area contributed by atoms with Crippen molar-refractivity contribution in [1.29, 1.82) is 0 Å². The van der Waals surface area contributed by atoms with E-state index in [2.05, 4.69) is 16.9 Å². The zero-order valence-corrected chi connectivity index (χ0v) is 11.5. The highest BCUT2D eigenvalue weighted by atomic mass is 16.1. The first-order valence-corrected chi connectivity index (χ1v) is 6.42. The van der Waals surface area contributed by atoms with Crippen LogP contribution in [0.25, 0.3) is 0 Å². The molecule has 0 saturated heterocycles. The predicted molar refractivity (Wildman–Crippen MR) is 79.2 cm³/mol. The number of pyridine rings is 1. The third-order valence-electron chi connectivity index (χ3n) is 3.20.